The van der Waals surface area contributed by atoms with E-state index in [2.05, 4.69) is 9.97 Å². The fraction of sp³-hybridized carbons (Fsp3) is 0.278. The molecule has 1 saturated carbocycles. The van der Waals surface area contributed by atoms with Crippen molar-refractivity contribution in [3.63, 3.8) is 0 Å². The third kappa shape index (κ3) is 2.87. The van der Waals surface area contributed by atoms with Gasteiger partial charge in [0.15, 0.2) is 11.3 Å². The van der Waals surface area contributed by atoms with E-state index in [1.165, 1.54) is 12.1 Å². The van der Waals surface area contributed by atoms with Crippen LogP contribution in [0.1, 0.15) is 28.9 Å². The van der Waals surface area contributed by atoms with E-state index in [0.29, 0.717) is 24.3 Å². The quantitative estimate of drug-likeness (QED) is 0.725. The number of hydrogen-bond donors (Lipinski definition) is 0. The van der Waals surface area contributed by atoms with Gasteiger partial charge in [0.2, 0.25) is 0 Å². The number of nitrogens with zero attached hydrogens (tertiary/aromatic N) is 4. The van der Waals surface area contributed by atoms with Gasteiger partial charge in [0.05, 0.1) is 0 Å². The van der Waals surface area contributed by atoms with Crippen LogP contribution in [0.25, 0.3) is 5.65 Å². The Balaban J connectivity index is 1.57. The molecule has 1 aliphatic carbocycles. The summed E-state index contributed by atoms with van der Waals surface area (Å²) in [4.78, 5) is 23.3. The number of halogens is 1. The summed E-state index contributed by atoms with van der Waals surface area (Å²) in [5.74, 6) is -0.355. The minimum absolute atomic E-state index is 0.106. The van der Waals surface area contributed by atoms with E-state index in [1.54, 1.807) is 35.3 Å². The molecule has 0 atom stereocenters. The van der Waals surface area contributed by atoms with Gasteiger partial charge in [-0.15, -0.1) is 0 Å². The molecule has 1 aromatic carbocycles. The number of carbonyl (C=O) groups is 1. The summed E-state index contributed by atoms with van der Waals surface area (Å²) >= 11 is 0. The van der Waals surface area contributed by atoms with E-state index < -0.39 is 0 Å². The topological polar surface area (TPSA) is 50.5 Å². The highest BCUT2D eigenvalue weighted by Crippen LogP contribution is 2.28. The molecule has 122 valence electrons. The van der Waals surface area contributed by atoms with Crippen molar-refractivity contribution in [3.8, 4) is 0 Å². The molecule has 1 fully saturated rings. The van der Waals surface area contributed by atoms with Gasteiger partial charge in [-0.1, -0.05) is 12.1 Å². The molecular formula is C18H17FN4O. The minimum atomic E-state index is -0.249. The molecule has 3 aromatic rings. The van der Waals surface area contributed by atoms with Gasteiger partial charge in [-0.05, 0) is 37.0 Å². The van der Waals surface area contributed by atoms with Crippen LogP contribution < -0.4 is 0 Å². The van der Waals surface area contributed by atoms with Crippen molar-refractivity contribution in [3.05, 3.63) is 66.1 Å². The molecule has 5 nitrogen and oxygen atoms in total. The summed E-state index contributed by atoms with van der Waals surface area (Å²) in [6, 6.07) is 6.77. The normalized spacial score (nSPS) is 14.0. The Labute approximate surface area is 138 Å². The van der Waals surface area contributed by atoms with Crippen molar-refractivity contribution in [1.29, 1.82) is 0 Å². The largest absolute Gasteiger partial charge is 0.334 e. The van der Waals surface area contributed by atoms with Crippen molar-refractivity contribution in [2.45, 2.75) is 25.3 Å². The predicted molar refractivity (Wildman–Crippen MR) is 87.1 cm³/mol. The lowest BCUT2D eigenvalue weighted by Gasteiger charge is -2.22. The summed E-state index contributed by atoms with van der Waals surface area (Å²) in [6.07, 6.45) is 9.47. The van der Waals surface area contributed by atoms with Gasteiger partial charge in [-0.25, -0.2) is 14.4 Å². The van der Waals surface area contributed by atoms with Crippen molar-refractivity contribution in [2.75, 3.05) is 6.54 Å². The first-order valence-corrected chi connectivity index (χ1v) is 8.05. The lowest BCUT2D eigenvalue weighted by Crippen LogP contribution is -2.35. The second-order valence-electron chi connectivity index (χ2n) is 6.04. The molecule has 6 heteroatoms. The summed E-state index contributed by atoms with van der Waals surface area (Å²) in [5.41, 5.74) is 1.83. The number of carbonyl (C=O) groups excluding carboxylic acids is 1. The highest BCUT2D eigenvalue weighted by molar-refractivity contribution is 5.98. The predicted octanol–water partition coefficient (Wildman–Crippen LogP) is 2.72. The van der Waals surface area contributed by atoms with Crippen LogP contribution in [0.4, 0.5) is 4.39 Å². The van der Waals surface area contributed by atoms with E-state index in [4.69, 9.17) is 0 Å². The number of hydrogen-bond acceptors (Lipinski definition) is 3. The molecule has 0 saturated heterocycles. The Morgan fingerprint density at radius 1 is 1.25 bits per heavy atom. The second-order valence-corrected chi connectivity index (χ2v) is 6.04. The Bertz CT molecular complexity index is 887. The van der Waals surface area contributed by atoms with Crippen molar-refractivity contribution in [2.24, 2.45) is 0 Å². The molecule has 0 aliphatic heterocycles. The van der Waals surface area contributed by atoms with Crippen LogP contribution in [-0.4, -0.2) is 37.8 Å². The standard InChI is InChI=1S/C18H17FN4O/c19-14-3-1-2-13(12-14)6-9-23(15-4-5-15)18(24)16-17-21-8-11-22(17)10-7-20-16/h1-3,7-8,10-12,15H,4-6,9H2. The van der Waals surface area contributed by atoms with Gasteiger partial charge in [0, 0.05) is 37.4 Å². The monoisotopic (exact) mass is 324 g/mol. The fourth-order valence-electron chi connectivity index (χ4n) is 2.92. The molecule has 2 aromatic heterocycles. The number of rotatable bonds is 5. The third-order valence-corrected chi connectivity index (χ3v) is 4.29. The lowest BCUT2D eigenvalue weighted by molar-refractivity contribution is 0.0740. The molecule has 0 unspecified atom stereocenters. The zero-order valence-electron chi connectivity index (χ0n) is 13.1. The molecule has 24 heavy (non-hydrogen) atoms. The maximum Gasteiger partial charge on any atom is 0.276 e. The average Bonchev–Trinajstić information content (AvgIpc) is 3.30. The lowest BCUT2D eigenvalue weighted by atomic mass is 10.1. The van der Waals surface area contributed by atoms with Crippen LogP contribution in [-0.2, 0) is 6.42 Å². The van der Waals surface area contributed by atoms with Gasteiger partial charge < -0.3 is 9.30 Å². The maximum absolute atomic E-state index is 13.3. The first-order valence-electron chi connectivity index (χ1n) is 8.05. The summed E-state index contributed by atoms with van der Waals surface area (Å²) in [6.45, 7) is 0.552. The van der Waals surface area contributed by atoms with Gasteiger partial charge in [0.25, 0.3) is 5.91 Å². The summed E-state index contributed by atoms with van der Waals surface area (Å²) in [5, 5.41) is 0. The molecule has 0 spiro atoms. The van der Waals surface area contributed by atoms with Crippen LogP contribution in [0.2, 0.25) is 0 Å². The molecule has 0 radical (unpaired) electrons. The van der Waals surface area contributed by atoms with E-state index in [1.807, 2.05) is 11.0 Å². The van der Waals surface area contributed by atoms with Crippen LogP contribution in [0.15, 0.2) is 49.1 Å². The molecule has 0 N–H and O–H groups in total. The number of benzene rings is 1. The zero-order valence-corrected chi connectivity index (χ0v) is 13.1. The third-order valence-electron chi connectivity index (χ3n) is 4.29. The van der Waals surface area contributed by atoms with Gasteiger partial charge in [0.1, 0.15) is 5.82 Å². The van der Waals surface area contributed by atoms with Crippen LogP contribution >= 0.6 is 0 Å². The first-order chi connectivity index (χ1) is 11.7. The van der Waals surface area contributed by atoms with E-state index >= 15 is 0 Å². The van der Waals surface area contributed by atoms with E-state index in [-0.39, 0.29) is 17.8 Å². The van der Waals surface area contributed by atoms with E-state index in [0.717, 1.165) is 18.4 Å². The van der Waals surface area contributed by atoms with Crippen LogP contribution in [0.5, 0.6) is 0 Å². The van der Waals surface area contributed by atoms with Crippen molar-refractivity contribution < 1.29 is 9.18 Å². The maximum atomic E-state index is 13.3. The molecular weight excluding hydrogens is 307 g/mol. The Kier molecular flexibility index (Phi) is 3.72. The number of fused-ring (bicyclic) bond motifs is 1. The SMILES string of the molecule is O=C(c1nccn2ccnc12)N(CCc1cccc(F)c1)C1CC1. The highest BCUT2D eigenvalue weighted by atomic mass is 19.1. The minimum Gasteiger partial charge on any atom is -0.334 e. The Morgan fingerprint density at radius 3 is 2.79 bits per heavy atom. The number of aromatic nitrogens is 3. The second kappa shape index (κ2) is 6.03. The van der Waals surface area contributed by atoms with Crippen molar-refractivity contribution in [1.82, 2.24) is 19.3 Å². The zero-order chi connectivity index (χ0) is 16.5. The summed E-state index contributed by atoms with van der Waals surface area (Å²) in [7, 11) is 0. The fourth-order valence-corrected chi connectivity index (χ4v) is 2.92. The van der Waals surface area contributed by atoms with E-state index in [9.17, 15) is 9.18 Å². The molecule has 0 bridgehead atoms. The highest BCUT2D eigenvalue weighted by Gasteiger charge is 2.34. The average molecular weight is 324 g/mol. The van der Waals surface area contributed by atoms with Crippen LogP contribution in [0.3, 0.4) is 0 Å². The summed E-state index contributed by atoms with van der Waals surface area (Å²) < 4.78 is 15.1. The first kappa shape index (κ1) is 14.8. The van der Waals surface area contributed by atoms with Gasteiger partial charge in [-0.3, -0.25) is 4.79 Å². The Morgan fingerprint density at radius 2 is 2.04 bits per heavy atom. The Hall–Kier alpha value is -2.76. The number of imidazole rings is 1. The molecule has 1 amide bonds. The number of amides is 1. The molecule has 4 rings (SSSR count). The molecule has 2 heterocycles. The van der Waals surface area contributed by atoms with Crippen LogP contribution in [0, 0.1) is 5.82 Å². The van der Waals surface area contributed by atoms with Gasteiger partial charge in [-0.2, -0.15) is 0 Å². The van der Waals surface area contributed by atoms with Crippen molar-refractivity contribution >= 4 is 11.6 Å². The smallest absolute Gasteiger partial charge is 0.276 e. The molecule has 1 aliphatic rings. The van der Waals surface area contributed by atoms with Gasteiger partial charge >= 0.3 is 0 Å².